The van der Waals surface area contributed by atoms with Crippen LogP contribution < -0.4 is 5.32 Å². The molecule has 2 rings (SSSR count). The smallest absolute Gasteiger partial charge is 0.414 e. The number of carboxylic acid groups (broad SMARTS) is 1. The average Bonchev–Trinajstić information content (AvgIpc) is 2.72. The van der Waals surface area contributed by atoms with Crippen LogP contribution in [0.5, 0.6) is 5.75 Å². The van der Waals surface area contributed by atoms with Crippen LogP contribution in [-0.2, 0) is 9.53 Å². The van der Waals surface area contributed by atoms with E-state index < -0.39 is 29.5 Å². The summed E-state index contributed by atoms with van der Waals surface area (Å²) in [5.41, 5.74) is 0.0327. The highest BCUT2D eigenvalue weighted by Gasteiger charge is 2.36. The number of hydrogen-bond donors (Lipinski definition) is 3. The Kier molecular flexibility index (Phi) is 8.61. The van der Waals surface area contributed by atoms with E-state index in [1.165, 1.54) is 12.1 Å². The monoisotopic (exact) mass is 537 g/mol. The van der Waals surface area contributed by atoms with Gasteiger partial charge in [0.25, 0.3) is 5.91 Å². The van der Waals surface area contributed by atoms with Crippen LogP contribution in [-0.4, -0.2) is 28.2 Å². The van der Waals surface area contributed by atoms with Gasteiger partial charge in [-0.3, -0.25) is 10.1 Å². The Morgan fingerprint density at radius 3 is 2.48 bits per heavy atom. The lowest BCUT2D eigenvalue weighted by molar-refractivity contribution is -0.131. The number of imide groups is 1. The van der Waals surface area contributed by atoms with Gasteiger partial charge < -0.3 is 14.9 Å². The summed E-state index contributed by atoms with van der Waals surface area (Å²) in [4.78, 5) is 35.5. The number of ether oxygens (including phenoxy) is 1. The zero-order valence-electron chi connectivity index (χ0n) is 17.2. The largest absolute Gasteiger partial charge is 0.508 e. The molecule has 0 heterocycles. The first-order valence-corrected chi connectivity index (χ1v) is 10.6. The summed E-state index contributed by atoms with van der Waals surface area (Å²) in [6.07, 6.45) is 1.64. The third-order valence-electron chi connectivity index (χ3n) is 4.67. The topological polar surface area (TPSA) is 113 Å². The van der Waals surface area contributed by atoms with Crippen molar-refractivity contribution in [1.82, 2.24) is 5.32 Å². The standard InChI is InChI=1S/C23H24INO6/c1-23(2,13-7-6-10-19(27)28)20(17-14-16(24)11-12-18(17)26)31-22(30)25-21(29)15-8-4-3-5-9-15/h3-6,8-12,14,20,26H,7,13H2,1-2H3,(H,27,28)(H,25,29,30)/b10-6+/t20-/m0/s1. The second kappa shape index (κ2) is 10.9. The molecule has 0 aliphatic heterocycles. The number of nitrogens with one attached hydrogen (secondary N) is 1. The predicted molar refractivity (Wildman–Crippen MR) is 124 cm³/mol. The molecule has 0 aromatic heterocycles. The summed E-state index contributed by atoms with van der Waals surface area (Å²) in [6.45, 7) is 3.69. The fraction of sp³-hybridized carbons (Fsp3) is 0.261. The molecule has 0 fully saturated rings. The zero-order chi connectivity index (χ0) is 23.0. The molecular formula is C23H24INO6. The maximum atomic E-state index is 12.5. The molecule has 0 saturated carbocycles. The minimum absolute atomic E-state index is 0.0400. The van der Waals surface area contributed by atoms with E-state index in [0.717, 1.165) is 9.65 Å². The highest BCUT2D eigenvalue weighted by Crippen LogP contribution is 2.44. The lowest BCUT2D eigenvalue weighted by Crippen LogP contribution is -2.35. The van der Waals surface area contributed by atoms with Crippen molar-refractivity contribution in [1.29, 1.82) is 0 Å². The molecule has 0 aliphatic carbocycles. The van der Waals surface area contributed by atoms with E-state index in [-0.39, 0.29) is 5.75 Å². The first-order valence-electron chi connectivity index (χ1n) is 9.55. The Labute approximate surface area is 194 Å². The summed E-state index contributed by atoms with van der Waals surface area (Å²) < 4.78 is 6.47. The van der Waals surface area contributed by atoms with E-state index in [2.05, 4.69) is 27.9 Å². The lowest BCUT2D eigenvalue weighted by Gasteiger charge is -2.34. The molecule has 8 heteroatoms. The van der Waals surface area contributed by atoms with Gasteiger partial charge in [-0.25, -0.2) is 9.59 Å². The fourth-order valence-electron chi connectivity index (χ4n) is 3.04. The number of phenols is 1. The van der Waals surface area contributed by atoms with Crippen molar-refractivity contribution in [2.24, 2.45) is 5.41 Å². The van der Waals surface area contributed by atoms with Gasteiger partial charge in [0.1, 0.15) is 11.9 Å². The first kappa shape index (κ1) is 24.4. The van der Waals surface area contributed by atoms with Crippen molar-refractivity contribution in [2.75, 3.05) is 0 Å². The summed E-state index contributed by atoms with van der Waals surface area (Å²) in [5, 5.41) is 21.4. The van der Waals surface area contributed by atoms with Crippen LogP contribution in [0.15, 0.2) is 60.7 Å². The molecule has 31 heavy (non-hydrogen) atoms. The van der Waals surface area contributed by atoms with Crippen LogP contribution in [0, 0.1) is 8.99 Å². The Hall–Kier alpha value is -2.88. The second-order valence-corrected chi connectivity index (χ2v) is 8.82. The normalized spacial score (nSPS) is 12.4. The number of alkyl carbamates (subject to hydrolysis) is 1. The van der Waals surface area contributed by atoms with Gasteiger partial charge in [0, 0.05) is 26.2 Å². The molecule has 164 valence electrons. The van der Waals surface area contributed by atoms with E-state index in [4.69, 9.17) is 9.84 Å². The van der Waals surface area contributed by atoms with E-state index in [1.807, 2.05) is 13.8 Å². The third-order valence-corrected chi connectivity index (χ3v) is 5.35. The highest BCUT2D eigenvalue weighted by atomic mass is 127. The Balaban J connectivity index is 2.24. The first-order chi connectivity index (χ1) is 14.6. The number of amides is 2. The van der Waals surface area contributed by atoms with Crippen molar-refractivity contribution >= 4 is 40.6 Å². The second-order valence-electron chi connectivity index (χ2n) is 7.58. The average molecular weight is 537 g/mol. The minimum Gasteiger partial charge on any atom is -0.508 e. The molecule has 0 spiro atoms. The van der Waals surface area contributed by atoms with Gasteiger partial charge in [-0.2, -0.15) is 0 Å². The Morgan fingerprint density at radius 1 is 1.16 bits per heavy atom. The van der Waals surface area contributed by atoms with Gasteiger partial charge >= 0.3 is 12.1 Å². The van der Waals surface area contributed by atoms with Crippen molar-refractivity contribution in [2.45, 2.75) is 32.8 Å². The summed E-state index contributed by atoms with van der Waals surface area (Å²) in [5.74, 6) is -1.68. The van der Waals surface area contributed by atoms with Crippen LogP contribution in [0.4, 0.5) is 4.79 Å². The summed E-state index contributed by atoms with van der Waals surface area (Å²) in [6, 6.07) is 13.2. The number of aromatic hydroxyl groups is 1. The van der Waals surface area contributed by atoms with Crippen molar-refractivity contribution in [3.63, 3.8) is 0 Å². The van der Waals surface area contributed by atoms with Crippen molar-refractivity contribution in [3.05, 3.63) is 75.4 Å². The molecule has 0 aliphatic rings. The SMILES string of the molecule is CC(C)(CC/C=C/C(=O)O)[C@@H](OC(=O)NC(=O)c1ccccc1)c1cc(I)ccc1O. The van der Waals surface area contributed by atoms with Crippen molar-refractivity contribution < 1.29 is 29.3 Å². The van der Waals surface area contributed by atoms with Gasteiger partial charge in [0.05, 0.1) is 0 Å². The molecule has 2 aromatic carbocycles. The summed E-state index contributed by atoms with van der Waals surface area (Å²) in [7, 11) is 0. The molecule has 2 aromatic rings. The maximum absolute atomic E-state index is 12.5. The molecule has 2 amide bonds. The minimum atomic E-state index is -1.04. The number of carbonyl (C=O) groups excluding carboxylic acids is 2. The number of aliphatic carboxylic acids is 1. The van der Waals surface area contributed by atoms with Crippen molar-refractivity contribution in [3.8, 4) is 5.75 Å². The fourth-order valence-corrected chi connectivity index (χ4v) is 3.56. The molecule has 3 N–H and O–H groups in total. The number of halogens is 1. The number of benzene rings is 2. The van der Waals surface area contributed by atoms with Gasteiger partial charge in [-0.15, -0.1) is 0 Å². The zero-order valence-corrected chi connectivity index (χ0v) is 19.3. The molecule has 7 nitrogen and oxygen atoms in total. The number of carbonyl (C=O) groups is 3. The third kappa shape index (κ3) is 7.39. The molecule has 0 radical (unpaired) electrons. The Bertz CT molecular complexity index is 971. The van der Waals surface area contributed by atoms with E-state index in [1.54, 1.807) is 42.5 Å². The summed E-state index contributed by atoms with van der Waals surface area (Å²) >= 11 is 2.09. The van der Waals surface area contributed by atoms with Gasteiger partial charge in [-0.1, -0.05) is 38.1 Å². The van der Waals surface area contributed by atoms with Crippen LogP contribution in [0.25, 0.3) is 0 Å². The van der Waals surface area contributed by atoms with E-state index in [9.17, 15) is 19.5 Å². The molecule has 0 saturated heterocycles. The highest BCUT2D eigenvalue weighted by molar-refractivity contribution is 14.1. The number of allylic oxidation sites excluding steroid dienone is 1. The number of phenolic OH excluding ortho intramolecular Hbond substituents is 1. The predicted octanol–water partition coefficient (Wildman–Crippen LogP) is 5.05. The van der Waals surface area contributed by atoms with Crippen LogP contribution in [0.2, 0.25) is 0 Å². The van der Waals surface area contributed by atoms with Gasteiger partial charge in [0.2, 0.25) is 0 Å². The van der Waals surface area contributed by atoms with E-state index in [0.29, 0.717) is 24.0 Å². The van der Waals surface area contributed by atoms with Gasteiger partial charge in [-0.05, 0) is 65.8 Å². The van der Waals surface area contributed by atoms with Gasteiger partial charge in [0.15, 0.2) is 0 Å². The number of hydrogen-bond acceptors (Lipinski definition) is 5. The van der Waals surface area contributed by atoms with E-state index >= 15 is 0 Å². The lowest BCUT2D eigenvalue weighted by atomic mass is 9.78. The van der Waals surface area contributed by atoms with Crippen LogP contribution in [0.3, 0.4) is 0 Å². The number of carboxylic acids is 1. The molecular weight excluding hydrogens is 513 g/mol. The quantitative estimate of drug-likeness (QED) is 0.321. The Morgan fingerprint density at radius 2 is 1.84 bits per heavy atom. The molecule has 0 unspecified atom stereocenters. The van der Waals surface area contributed by atoms with Crippen LogP contribution >= 0.6 is 22.6 Å². The maximum Gasteiger partial charge on any atom is 0.414 e. The number of rotatable bonds is 8. The van der Waals surface area contributed by atoms with Crippen LogP contribution in [0.1, 0.15) is 48.7 Å². The molecule has 0 bridgehead atoms. The molecule has 1 atom stereocenters.